The van der Waals surface area contributed by atoms with Crippen molar-refractivity contribution < 1.29 is 0 Å². The molecule has 4 fully saturated rings. The van der Waals surface area contributed by atoms with Crippen LogP contribution in [0.2, 0.25) is 10.0 Å². The SMILES string of the molecule is C[C@@H]1CN(C(=NC2C[C@@H]3C[C@H]([C@@H]2C)C3(C)C)Nc2ccc3c(=O)n([C@H](C)Cc4ccc(Cl)cc4Cl)cnc3c2)C[C@H](C)N1. The maximum absolute atomic E-state index is 13.5. The summed E-state index contributed by atoms with van der Waals surface area (Å²) in [5, 5.41) is 9.11. The molecule has 0 spiro atoms. The summed E-state index contributed by atoms with van der Waals surface area (Å²) in [6, 6.07) is 12.2. The molecule has 1 unspecified atom stereocenters. The Morgan fingerprint density at radius 3 is 2.53 bits per heavy atom. The van der Waals surface area contributed by atoms with Crippen LogP contribution < -0.4 is 16.2 Å². The van der Waals surface area contributed by atoms with E-state index in [0.29, 0.717) is 56.8 Å². The van der Waals surface area contributed by atoms with Crippen LogP contribution in [-0.4, -0.2) is 51.6 Å². The van der Waals surface area contributed by atoms with Crippen molar-refractivity contribution in [3.63, 3.8) is 0 Å². The van der Waals surface area contributed by atoms with Crippen molar-refractivity contribution in [1.29, 1.82) is 0 Å². The van der Waals surface area contributed by atoms with Gasteiger partial charge in [0.25, 0.3) is 5.56 Å². The molecule has 1 aliphatic heterocycles. The Morgan fingerprint density at radius 2 is 1.86 bits per heavy atom. The van der Waals surface area contributed by atoms with E-state index in [4.69, 9.17) is 33.2 Å². The van der Waals surface area contributed by atoms with E-state index in [1.54, 1.807) is 17.0 Å². The summed E-state index contributed by atoms with van der Waals surface area (Å²) >= 11 is 12.5. The van der Waals surface area contributed by atoms with Crippen molar-refractivity contribution >= 4 is 45.8 Å². The number of nitrogens with one attached hydrogen (secondary N) is 2. The van der Waals surface area contributed by atoms with Crippen LogP contribution in [0.25, 0.3) is 10.9 Å². The molecule has 3 aliphatic carbocycles. The standard InChI is InChI=1S/C34H44Cl2N6O/c1-19-16-41(17-20(2)38-19)33(40-30-13-24-12-28(22(30)4)34(24,5)6)39-26-9-10-27-31(15-26)37-18-42(32(27)43)21(3)11-23-7-8-25(35)14-29(23)36/h7-10,14-15,18-22,24,28,30,38H,11-13,16-17H2,1-6H3,(H,39,40)/t19-,20+,21-,22+,24+,28-,30?/m1/s1. The maximum atomic E-state index is 13.5. The molecule has 2 N–H and O–H groups in total. The van der Waals surface area contributed by atoms with Crippen molar-refractivity contribution in [3.05, 3.63) is 68.7 Å². The summed E-state index contributed by atoms with van der Waals surface area (Å²) in [5.41, 5.74) is 2.86. The van der Waals surface area contributed by atoms with Gasteiger partial charge in [-0.2, -0.15) is 0 Å². The van der Waals surface area contributed by atoms with Gasteiger partial charge in [-0.15, -0.1) is 0 Å². The number of guanidine groups is 1. The number of fused-ring (bicyclic) bond motifs is 3. The molecular weight excluding hydrogens is 579 g/mol. The Bertz CT molecular complexity index is 1590. The van der Waals surface area contributed by atoms with E-state index >= 15 is 0 Å². The number of aliphatic imine (C=N–C) groups is 1. The zero-order valence-corrected chi connectivity index (χ0v) is 27.6. The average Bonchev–Trinajstić information content (AvgIpc) is 2.94. The third-order valence-corrected chi connectivity index (χ3v) is 11.1. The van der Waals surface area contributed by atoms with Gasteiger partial charge in [-0.25, -0.2) is 9.98 Å². The van der Waals surface area contributed by atoms with E-state index in [-0.39, 0.29) is 11.6 Å². The van der Waals surface area contributed by atoms with Crippen LogP contribution in [0.5, 0.6) is 0 Å². The number of hydrogen-bond acceptors (Lipinski definition) is 4. The van der Waals surface area contributed by atoms with Crippen molar-refractivity contribution in [2.75, 3.05) is 18.4 Å². The molecule has 4 aliphatic rings. The zero-order valence-electron chi connectivity index (χ0n) is 26.1. The van der Waals surface area contributed by atoms with Gasteiger partial charge in [-0.05, 0) is 99.1 Å². The third kappa shape index (κ3) is 5.93. The topological polar surface area (TPSA) is 74.5 Å². The highest BCUT2D eigenvalue weighted by molar-refractivity contribution is 6.35. The summed E-state index contributed by atoms with van der Waals surface area (Å²) < 4.78 is 1.69. The molecule has 0 amide bonds. The van der Waals surface area contributed by atoms with E-state index in [1.807, 2.05) is 37.3 Å². The zero-order chi connectivity index (χ0) is 30.6. The molecule has 43 heavy (non-hydrogen) atoms. The summed E-state index contributed by atoms with van der Waals surface area (Å²) in [7, 11) is 0. The van der Waals surface area contributed by atoms with E-state index in [9.17, 15) is 4.79 Å². The molecular formula is C34H44Cl2N6O. The number of piperazine rings is 1. The molecule has 3 aromatic rings. The summed E-state index contributed by atoms with van der Waals surface area (Å²) in [6.45, 7) is 15.5. The van der Waals surface area contributed by atoms with E-state index in [1.165, 1.54) is 6.42 Å². The second-order valence-electron chi connectivity index (χ2n) is 14.0. The van der Waals surface area contributed by atoms with Gasteiger partial charge in [0, 0.05) is 46.9 Å². The van der Waals surface area contributed by atoms with Crippen LogP contribution in [0.3, 0.4) is 0 Å². The van der Waals surface area contributed by atoms with Crippen LogP contribution >= 0.6 is 23.2 Å². The van der Waals surface area contributed by atoms with Crippen molar-refractivity contribution in [1.82, 2.24) is 19.8 Å². The first kappa shape index (κ1) is 30.4. The minimum atomic E-state index is -0.120. The summed E-state index contributed by atoms with van der Waals surface area (Å²) in [4.78, 5) is 26.1. The molecule has 3 saturated carbocycles. The Hall–Kier alpha value is -2.61. The lowest BCUT2D eigenvalue weighted by Crippen LogP contribution is -2.59. The lowest BCUT2D eigenvalue weighted by molar-refractivity contribution is -0.108. The Kier molecular flexibility index (Phi) is 8.29. The molecule has 7 atom stereocenters. The van der Waals surface area contributed by atoms with Crippen molar-refractivity contribution in [3.8, 4) is 0 Å². The van der Waals surface area contributed by atoms with Crippen LogP contribution in [0.15, 0.2) is 52.5 Å². The van der Waals surface area contributed by atoms with E-state index in [2.05, 4.69) is 50.2 Å². The molecule has 7 nitrogen and oxygen atoms in total. The van der Waals surface area contributed by atoms with Gasteiger partial charge in [-0.3, -0.25) is 9.36 Å². The first-order chi connectivity index (χ1) is 20.4. The van der Waals surface area contributed by atoms with Gasteiger partial charge >= 0.3 is 0 Å². The van der Waals surface area contributed by atoms with E-state index < -0.39 is 0 Å². The third-order valence-electron chi connectivity index (χ3n) is 10.5. The summed E-state index contributed by atoms with van der Waals surface area (Å²) in [6.07, 6.45) is 4.73. The number of nitrogens with zero attached hydrogens (tertiary/aromatic N) is 4. The number of halogens is 2. The number of hydrogen-bond donors (Lipinski definition) is 2. The fourth-order valence-corrected chi connectivity index (χ4v) is 8.39. The highest BCUT2D eigenvalue weighted by atomic mass is 35.5. The minimum Gasteiger partial charge on any atom is -0.340 e. The van der Waals surface area contributed by atoms with E-state index in [0.717, 1.165) is 48.6 Å². The van der Waals surface area contributed by atoms with Gasteiger partial charge < -0.3 is 15.5 Å². The molecule has 0 radical (unpaired) electrons. The fraction of sp³-hybridized carbons (Fsp3) is 0.559. The van der Waals surface area contributed by atoms with Crippen LogP contribution in [0.4, 0.5) is 5.69 Å². The fourth-order valence-electron chi connectivity index (χ4n) is 7.90. The molecule has 2 aromatic carbocycles. The van der Waals surface area contributed by atoms with Gasteiger partial charge in [-0.1, -0.05) is 50.0 Å². The minimum absolute atomic E-state index is 0.0642. The van der Waals surface area contributed by atoms with Crippen molar-refractivity contribution in [2.45, 2.75) is 85.0 Å². The van der Waals surface area contributed by atoms with Crippen LogP contribution in [0.1, 0.15) is 66.0 Å². The first-order valence-corrected chi connectivity index (χ1v) is 16.5. The summed E-state index contributed by atoms with van der Waals surface area (Å²) in [5.74, 6) is 2.95. The molecule has 9 heteroatoms. The largest absolute Gasteiger partial charge is 0.340 e. The predicted octanol–water partition coefficient (Wildman–Crippen LogP) is 7.03. The van der Waals surface area contributed by atoms with Gasteiger partial charge in [0.1, 0.15) is 0 Å². The monoisotopic (exact) mass is 622 g/mol. The lowest BCUT2D eigenvalue weighted by atomic mass is 9.45. The van der Waals surface area contributed by atoms with Gasteiger partial charge in [0.05, 0.1) is 23.3 Å². The normalized spacial score (nSPS) is 29.3. The predicted molar refractivity (Wildman–Crippen MR) is 179 cm³/mol. The Balaban J connectivity index is 1.26. The molecule has 230 valence electrons. The molecule has 1 aromatic heterocycles. The van der Waals surface area contributed by atoms with Crippen LogP contribution in [0, 0.1) is 23.2 Å². The maximum Gasteiger partial charge on any atom is 0.261 e. The van der Waals surface area contributed by atoms with Crippen molar-refractivity contribution in [2.24, 2.45) is 28.2 Å². The number of rotatable bonds is 5. The molecule has 7 rings (SSSR count). The second-order valence-corrected chi connectivity index (χ2v) is 14.8. The highest BCUT2D eigenvalue weighted by Crippen LogP contribution is 2.61. The Labute approximate surface area is 265 Å². The molecule has 1 saturated heterocycles. The smallest absolute Gasteiger partial charge is 0.261 e. The Morgan fingerprint density at radius 1 is 1.12 bits per heavy atom. The van der Waals surface area contributed by atoms with Gasteiger partial charge in [0.15, 0.2) is 5.96 Å². The molecule has 2 bridgehead atoms. The number of aromatic nitrogens is 2. The number of anilines is 1. The lowest BCUT2D eigenvalue weighted by Gasteiger charge is -2.61. The highest BCUT2D eigenvalue weighted by Gasteiger charge is 2.56. The van der Waals surface area contributed by atoms with Gasteiger partial charge in [0.2, 0.25) is 0 Å². The first-order valence-electron chi connectivity index (χ1n) is 15.7. The average molecular weight is 624 g/mol. The number of benzene rings is 2. The quantitative estimate of drug-likeness (QED) is 0.236. The molecule has 2 heterocycles. The van der Waals surface area contributed by atoms with Crippen LogP contribution in [-0.2, 0) is 6.42 Å². The second kappa shape index (κ2) is 11.7.